The summed E-state index contributed by atoms with van der Waals surface area (Å²) in [5.74, 6) is -3.22. The fourth-order valence-electron chi connectivity index (χ4n) is 1.25. The summed E-state index contributed by atoms with van der Waals surface area (Å²) in [5.41, 5.74) is 0.304. The first-order chi connectivity index (χ1) is 6.93. The van der Waals surface area contributed by atoms with Gasteiger partial charge >= 0.3 is 0 Å². The van der Waals surface area contributed by atoms with Gasteiger partial charge in [-0.3, -0.25) is 4.98 Å². The zero-order valence-electron chi connectivity index (χ0n) is 8.45. The van der Waals surface area contributed by atoms with Crippen molar-refractivity contribution in [2.24, 2.45) is 0 Å². The minimum atomic E-state index is -3.22. The number of aromatic nitrogens is 1. The Bertz CT molecular complexity index is 338. The van der Waals surface area contributed by atoms with Gasteiger partial charge in [0.1, 0.15) is 0 Å². The Kier molecular flexibility index (Phi) is 3.52. The van der Waals surface area contributed by atoms with Crippen molar-refractivity contribution >= 4 is 0 Å². The van der Waals surface area contributed by atoms with Gasteiger partial charge in [0, 0.05) is 12.6 Å². The highest BCUT2D eigenvalue weighted by molar-refractivity contribution is 5.11. The Morgan fingerprint density at radius 3 is 2.73 bits per heavy atom. The van der Waals surface area contributed by atoms with Gasteiger partial charge in [-0.25, -0.2) is 8.78 Å². The number of alkyl halides is 2. The Morgan fingerprint density at radius 2 is 2.27 bits per heavy atom. The number of nitrogens with zero attached hydrogens (tertiary/aromatic N) is 1. The SMILES string of the molecule is C=C(C)CC(F)(F)[C@H](O)c1ccccn1. The molecule has 1 aromatic rings. The maximum Gasteiger partial charge on any atom is 0.282 e. The van der Waals surface area contributed by atoms with Gasteiger partial charge in [0.05, 0.1) is 5.69 Å². The Morgan fingerprint density at radius 1 is 1.60 bits per heavy atom. The largest absolute Gasteiger partial charge is 0.380 e. The van der Waals surface area contributed by atoms with Crippen LogP contribution in [0, 0.1) is 0 Å². The average Bonchev–Trinajstić information content (AvgIpc) is 2.16. The van der Waals surface area contributed by atoms with Crippen molar-refractivity contribution in [3.8, 4) is 0 Å². The molecule has 1 atom stereocenters. The van der Waals surface area contributed by atoms with Gasteiger partial charge in [0.15, 0.2) is 6.10 Å². The van der Waals surface area contributed by atoms with E-state index in [-0.39, 0.29) is 5.69 Å². The van der Waals surface area contributed by atoms with E-state index in [0.717, 1.165) is 0 Å². The molecule has 0 fully saturated rings. The predicted molar refractivity (Wildman–Crippen MR) is 53.6 cm³/mol. The quantitative estimate of drug-likeness (QED) is 0.780. The number of halogens is 2. The third kappa shape index (κ3) is 3.09. The predicted octanol–water partition coefficient (Wildman–Crippen LogP) is 2.72. The number of rotatable bonds is 4. The lowest BCUT2D eigenvalue weighted by atomic mass is 10.0. The van der Waals surface area contributed by atoms with Crippen LogP contribution in [0.1, 0.15) is 25.1 Å². The molecular weight excluding hydrogens is 200 g/mol. The first-order valence-electron chi connectivity index (χ1n) is 4.54. The highest BCUT2D eigenvalue weighted by Gasteiger charge is 2.39. The van der Waals surface area contributed by atoms with Gasteiger partial charge < -0.3 is 5.11 Å². The molecule has 0 saturated carbocycles. The van der Waals surface area contributed by atoms with Crippen molar-refractivity contribution in [3.05, 3.63) is 42.2 Å². The number of pyridine rings is 1. The molecule has 0 aliphatic heterocycles. The molecule has 1 rings (SSSR count). The summed E-state index contributed by atoms with van der Waals surface area (Å²) in [6, 6.07) is 4.53. The molecule has 0 radical (unpaired) electrons. The van der Waals surface area contributed by atoms with Crippen molar-refractivity contribution in [3.63, 3.8) is 0 Å². The van der Waals surface area contributed by atoms with Crippen LogP contribution in [0.25, 0.3) is 0 Å². The van der Waals surface area contributed by atoms with Gasteiger partial charge in [0.25, 0.3) is 5.92 Å². The molecule has 4 heteroatoms. The molecule has 2 nitrogen and oxygen atoms in total. The van der Waals surface area contributed by atoms with E-state index in [1.807, 2.05) is 0 Å². The van der Waals surface area contributed by atoms with E-state index in [4.69, 9.17) is 0 Å². The monoisotopic (exact) mass is 213 g/mol. The Balaban J connectivity index is 2.84. The number of hydrogen-bond acceptors (Lipinski definition) is 2. The van der Waals surface area contributed by atoms with Crippen molar-refractivity contribution in [2.75, 3.05) is 0 Å². The highest BCUT2D eigenvalue weighted by Crippen LogP contribution is 2.35. The van der Waals surface area contributed by atoms with Crippen LogP contribution in [0.5, 0.6) is 0 Å². The summed E-state index contributed by atoms with van der Waals surface area (Å²) in [5, 5.41) is 9.44. The van der Waals surface area contributed by atoms with Crippen LogP contribution in [0.4, 0.5) is 8.78 Å². The summed E-state index contributed by atoms with van der Waals surface area (Å²) in [4.78, 5) is 3.69. The molecule has 1 N–H and O–H groups in total. The van der Waals surface area contributed by atoms with Crippen molar-refractivity contribution in [2.45, 2.75) is 25.4 Å². The summed E-state index contributed by atoms with van der Waals surface area (Å²) in [6.07, 6.45) is -1.05. The molecule has 0 aromatic carbocycles. The Hall–Kier alpha value is -1.29. The minimum absolute atomic E-state index is 0.0243. The summed E-state index contributed by atoms with van der Waals surface area (Å²) >= 11 is 0. The fraction of sp³-hybridized carbons (Fsp3) is 0.364. The molecule has 0 bridgehead atoms. The number of aliphatic hydroxyl groups excluding tert-OH is 1. The van der Waals surface area contributed by atoms with Gasteiger partial charge in [-0.15, -0.1) is 0 Å². The lowest BCUT2D eigenvalue weighted by Gasteiger charge is -2.22. The van der Waals surface area contributed by atoms with Gasteiger partial charge in [-0.1, -0.05) is 18.2 Å². The molecule has 82 valence electrons. The first kappa shape index (κ1) is 11.8. The number of hydrogen-bond donors (Lipinski definition) is 1. The molecule has 15 heavy (non-hydrogen) atoms. The number of allylic oxidation sites excluding steroid dienone is 1. The lowest BCUT2D eigenvalue weighted by molar-refractivity contribution is -0.111. The highest BCUT2D eigenvalue weighted by atomic mass is 19.3. The van der Waals surface area contributed by atoms with E-state index in [0.29, 0.717) is 5.57 Å². The van der Waals surface area contributed by atoms with Crippen molar-refractivity contribution < 1.29 is 13.9 Å². The topological polar surface area (TPSA) is 33.1 Å². The van der Waals surface area contributed by atoms with Crippen LogP contribution in [-0.4, -0.2) is 16.0 Å². The van der Waals surface area contributed by atoms with Crippen LogP contribution >= 0.6 is 0 Å². The summed E-state index contributed by atoms with van der Waals surface area (Å²) in [6.45, 7) is 4.90. The van der Waals surface area contributed by atoms with E-state index in [2.05, 4.69) is 11.6 Å². The third-order valence-corrected chi connectivity index (χ3v) is 1.91. The maximum atomic E-state index is 13.4. The summed E-state index contributed by atoms with van der Waals surface area (Å²) in [7, 11) is 0. The second kappa shape index (κ2) is 4.49. The maximum absolute atomic E-state index is 13.4. The average molecular weight is 213 g/mol. The molecule has 1 aromatic heterocycles. The molecule has 1 heterocycles. The first-order valence-corrected chi connectivity index (χ1v) is 4.54. The molecule has 0 aliphatic carbocycles. The zero-order chi connectivity index (χ0) is 11.5. The minimum Gasteiger partial charge on any atom is -0.380 e. The number of aliphatic hydroxyl groups is 1. The van der Waals surface area contributed by atoms with Crippen LogP contribution in [-0.2, 0) is 0 Å². The Labute approximate surface area is 87.3 Å². The van der Waals surface area contributed by atoms with E-state index < -0.39 is 18.4 Å². The normalized spacial score (nSPS) is 13.6. The molecular formula is C11H13F2NO. The van der Waals surface area contributed by atoms with E-state index in [9.17, 15) is 13.9 Å². The molecule has 0 saturated heterocycles. The van der Waals surface area contributed by atoms with Crippen molar-refractivity contribution in [1.29, 1.82) is 0 Å². The van der Waals surface area contributed by atoms with Crippen molar-refractivity contribution in [1.82, 2.24) is 4.98 Å². The molecule has 0 unspecified atom stereocenters. The van der Waals surface area contributed by atoms with Gasteiger partial charge in [-0.05, 0) is 19.1 Å². The van der Waals surface area contributed by atoms with Crippen LogP contribution in [0.2, 0.25) is 0 Å². The fourth-order valence-corrected chi connectivity index (χ4v) is 1.25. The van der Waals surface area contributed by atoms with Gasteiger partial charge in [-0.2, -0.15) is 0 Å². The van der Waals surface area contributed by atoms with Crippen LogP contribution < -0.4 is 0 Å². The second-order valence-corrected chi connectivity index (χ2v) is 3.55. The van der Waals surface area contributed by atoms with Crippen LogP contribution in [0.3, 0.4) is 0 Å². The third-order valence-electron chi connectivity index (χ3n) is 1.91. The molecule has 0 aliphatic rings. The zero-order valence-corrected chi connectivity index (χ0v) is 8.45. The van der Waals surface area contributed by atoms with E-state index >= 15 is 0 Å². The molecule has 0 spiro atoms. The second-order valence-electron chi connectivity index (χ2n) is 3.55. The standard InChI is InChI=1S/C11H13F2NO/c1-8(2)7-11(12,13)10(15)9-5-3-4-6-14-9/h3-6,10,15H,1,7H2,2H3/t10-/m1/s1. The van der Waals surface area contributed by atoms with Gasteiger partial charge in [0.2, 0.25) is 0 Å². The van der Waals surface area contributed by atoms with E-state index in [1.165, 1.54) is 19.2 Å². The van der Waals surface area contributed by atoms with Crippen LogP contribution in [0.15, 0.2) is 36.5 Å². The lowest BCUT2D eigenvalue weighted by Crippen LogP contribution is -2.27. The molecule has 0 amide bonds. The summed E-state index contributed by atoms with van der Waals surface area (Å²) < 4.78 is 26.8. The van der Waals surface area contributed by atoms with E-state index in [1.54, 1.807) is 12.1 Å². The smallest absolute Gasteiger partial charge is 0.282 e.